The second-order valence-electron chi connectivity index (χ2n) is 4.29. The van der Waals surface area contributed by atoms with Crippen molar-refractivity contribution in [2.45, 2.75) is 30.8 Å². The molecule has 1 heterocycles. The molecule has 1 rings (SSSR count). The Morgan fingerprint density at radius 1 is 1.44 bits per heavy atom. The van der Waals surface area contributed by atoms with Gasteiger partial charge in [0.25, 0.3) is 10.0 Å². The molecule has 3 N–H and O–H groups in total. The smallest absolute Gasteiger partial charge is 0.260 e. The van der Waals surface area contributed by atoms with Crippen molar-refractivity contribution in [2.75, 3.05) is 13.2 Å². The van der Waals surface area contributed by atoms with Gasteiger partial charge in [-0.3, -0.25) is 0 Å². The lowest BCUT2D eigenvalue weighted by molar-refractivity contribution is 0.105. The molecule has 0 amide bonds. The van der Waals surface area contributed by atoms with Crippen molar-refractivity contribution in [3.05, 3.63) is 12.0 Å². The lowest BCUT2D eigenvalue weighted by atomic mass is 10.0. The third-order valence-electron chi connectivity index (χ3n) is 2.99. The van der Waals surface area contributed by atoms with E-state index in [1.54, 1.807) is 25.5 Å². The quantitative estimate of drug-likeness (QED) is 0.627. The Morgan fingerprint density at radius 2 is 2.00 bits per heavy atom. The summed E-state index contributed by atoms with van der Waals surface area (Å²) in [5.41, 5.74) is -1.26. The van der Waals surface area contributed by atoms with Crippen LogP contribution in [0.1, 0.15) is 19.2 Å². The molecular formula is C10H19N3O4S. The zero-order valence-corrected chi connectivity index (χ0v) is 11.5. The molecule has 0 saturated heterocycles. The highest BCUT2D eigenvalue weighted by molar-refractivity contribution is 7.89. The number of aliphatic hydroxyl groups is 2. The number of hydrogen-bond donors (Lipinski definition) is 3. The molecule has 1 aromatic heterocycles. The van der Waals surface area contributed by atoms with Crippen LogP contribution in [0.15, 0.2) is 11.2 Å². The van der Waals surface area contributed by atoms with Crippen LogP contribution in [0, 0.1) is 6.92 Å². The van der Waals surface area contributed by atoms with Crippen molar-refractivity contribution < 1.29 is 18.6 Å². The summed E-state index contributed by atoms with van der Waals surface area (Å²) in [6.07, 6.45) is 1.65. The average Bonchev–Trinajstić information content (AvgIpc) is 2.68. The Hall–Kier alpha value is -0.960. The van der Waals surface area contributed by atoms with E-state index in [2.05, 4.69) is 9.71 Å². The van der Waals surface area contributed by atoms with Gasteiger partial charge in [-0.2, -0.15) is 4.72 Å². The van der Waals surface area contributed by atoms with E-state index in [-0.39, 0.29) is 11.4 Å². The van der Waals surface area contributed by atoms with Crippen LogP contribution < -0.4 is 4.72 Å². The van der Waals surface area contributed by atoms with E-state index in [0.29, 0.717) is 5.82 Å². The van der Waals surface area contributed by atoms with Crippen LogP contribution in [-0.4, -0.2) is 46.9 Å². The molecule has 0 bridgehead atoms. The number of nitrogens with one attached hydrogen (secondary N) is 1. The molecule has 1 aromatic rings. The number of aryl methyl sites for hydroxylation is 2. The largest absolute Gasteiger partial charge is 0.394 e. The molecule has 0 aliphatic heterocycles. The van der Waals surface area contributed by atoms with Crippen LogP contribution in [0.2, 0.25) is 0 Å². The van der Waals surface area contributed by atoms with E-state index in [4.69, 9.17) is 0 Å². The molecule has 7 nitrogen and oxygen atoms in total. The van der Waals surface area contributed by atoms with Crippen molar-refractivity contribution in [2.24, 2.45) is 7.05 Å². The molecule has 0 aliphatic rings. The van der Waals surface area contributed by atoms with Gasteiger partial charge in [-0.15, -0.1) is 0 Å². The second kappa shape index (κ2) is 5.35. The molecule has 104 valence electrons. The van der Waals surface area contributed by atoms with Crippen LogP contribution in [0.3, 0.4) is 0 Å². The first-order chi connectivity index (χ1) is 8.30. The Kier molecular flexibility index (Phi) is 4.49. The summed E-state index contributed by atoms with van der Waals surface area (Å²) in [6, 6.07) is 0. The van der Waals surface area contributed by atoms with Crippen LogP contribution in [-0.2, 0) is 17.1 Å². The maximum absolute atomic E-state index is 12.1. The first-order valence-electron chi connectivity index (χ1n) is 5.56. The van der Waals surface area contributed by atoms with Gasteiger partial charge in [-0.05, 0) is 13.3 Å². The van der Waals surface area contributed by atoms with E-state index in [0.717, 1.165) is 0 Å². The molecule has 0 saturated carbocycles. The third-order valence-corrected chi connectivity index (χ3v) is 4.44. The Balaban J connectivity index is 3.08. The normalized spacial score (nSPS) is 12.9. The van der Waals surface area contributed by atoms with Gasteiger partial charge in [-0.1, -0.05) is 6.92 Å². The fourth-order valence-electron chi connectivity index (χ4n) is 1.40. The van der Waals surface area contributed by atoms with Crippen LogP contribution >= 0.6 is 0 Å². The number of imidazole rings is 1. The van der Waals surface area contributed by atoms with Gasteiger partial charge in [0.1, 0.15) is 5.82 Å². The molecular weight excluding hydrogens is 258 g/mol. The summed E-state index contributed by atoms with van der Waals surface area (Å²) in [5.74, 6) is 0.561. The summed E-state index contributed by atoms with van der Waals surface area (Å²) < 4.78 is 28.1. The molecule has 0 fully saturated rings. The van der Waals surface area contributed by atoms with Crippen LogP contribution in [0.4, 0.5) is 0 Å². The number of hydrogen-bond acceptors (Lipinski definition) is 5. The van der Waals surface area contributed by atoms with Crippen molar-refractivity contribution in [1.82, 2.24) is 14.3 Å². The van der Waals surface area contributed by atoms with E-state index in [1.807, 2.05) is 0 Å². The maximum atomic E-state index is 12.1. The van der Waals surface area contributed by atoms with Gasteiger partial charge in [0, 0.05) is 13.2 Å². The van der Waals surface area contributed by atoms with Gasteiger partial charge < -0.3 is 14.8 Å². The van der Waals surface area contributed by atoms with Gasteiger partial charge in [0.05, 0.1) is 18.8 Å². The fraction of sp³-hybridized carbons (Fsp3) is 0.700. The first kappa shape index (κ1) is 15.1. The summed E-state index contributed by atoms with van der Waals surface area (Å²) in [6.45, 7) is 2.40. The maximum Gasteiger partial charge on any atom is 0.260 e. The highest BCUT2D eigenvalue weighted by atomic mass is 32.2. The highest BCUT2D eigenvalue weighted by Gasteiger charge is 2.33. The fourth-order valence-corrected chi connectivity index (χ4v) is 2.90. The molecule has 18 heavy (non-hydrogen) atoms. The minimum atomic E-state index is -3.86. The van der Waals surface area contributed by atoms with Crippen molar-refractivity contribution in [1.29, 1.82) is 0 Å². The number of nitrogens with zero attached hydrogens (tertiary/aromatic N) is 2. The predicted octanol–water partition coefficient (Wildman–Crippen LogP) is -0.860. The van der Waals surface area contributed by atoms with E-state index in [9.17, 15) is 18.6 Å². The minimum absolute atomic E-state index is 0.123. The monoisotopic (exact) mass is 277 g/mol. The first-order valence-corrected chi connectivity index (χ1v) is 7.04. The number of rotatable bonds is 6. The zero-order chi connectivity index (χ0) is 14.0. The number of aliphatic hydroxyl groups excluding tert-OH is 2. The Labute approximate surface area is 107 Å². The molecule has 0 aromatic carbocycles. The lowest BCUT2D eigenvalue weighted by Gasteiger charge is -2.28. The van der Waals surface area contributed by atoms with Crippen molar-refractivity contribution >= 4 is 10.0 Å². The van der Waals surface area contributed by atoms with Crippen molar-refractivity contribution in [3.63, 3.8) is 0 Å². The predicted molar refractivity (Wildman–Crippen MR) is 65.5 cm³/mol. The topological polar surface area (TPSA) is 104 Å². The van der Waals surface area contributed by atoms with Gasteiger partial charge in [0.2, 0.25) is 0 Å². The second-order valence-corrected chi connectivity index (χ2v) is 5.92. The molecule has 0 atom stereocenters. The van der Waals surface area contributed by atoms with Gasteiger partial charge in [-0.25, -0.2) is 13.4 Å². The van der Waals surface area contributed by atoms with E-state index < -0.39 is 28.8 Å². The van der Waals surface area contributed by atoms with E-state index >= 15 is 0 Å². The minimum Gasteiger partial charge on any atom is -0.394 e. The number of aromatic nitrogens is 2. The standard InChI is InChI=1S/C10H19N3O4S/c1-4-10(6-14,7-15)12-18(16,17)9-5-13(3)8(2)11-9/h5,12,14-15H,4,6-7H2,1-3H3. The summed E-state index contributed by atoms with van der Waals surface area (Å²) in [5, 5.41) is 18.3. The zero-order valence-electron chi connectivity index (χ0n) is 10.7. The Morgan fingerprint density at radius 3 is 2.33 bits per heavy atom. The molecule has 0 aliphatic carbocycles. The molecule has 0 radical (unpaired) electrons. The molecule has 8 heteroatoms. The number of sulfonamides is 1. The third kappa shape index (κ3) is 2.89. The SMILES string of the molecule is CCC(CO)(CO)NS(=O)(=O)c1cn(C)c(C)n1. The molecule has 0 spiro atoms. The average molecular weight is 277 g/mol. The van der Waals surface area contributed by atoms with Crippen molar-refractivity contribution in [3.8, 4) is 0 Å². The summed E-state index contributed by atoms with van der Waals surface area (Å²) in [7, 11) is -2.17. The lowest BCUT2D eigenvalue weighted by Crippen LogP contribution is -2.53. The highest BCUT2D eigenvalue weighted by Crippen LogP contribution is 2.15. The van der Waals surface area contributed by atoms with Gasteiger partial charge in [0.15, 0.2) is 5.03 Å². The Bertz CT molecular complexity index is 477. The summed E-state index contributed by atoms with van der Waals surface area (Å²) in [4.78, 5) is 3.92. The van der Waals surface area contributed by atoms with Crippen LogP contribution in [0.25, 0.3) is 0 Å². The van der Waals surface area contributed by atoms with Gasteiger partial charge >= 0.3 is 0 Å². The molecule has 0 unspecified atom stereocenters. The summed E-state index contributed by atoms with van der Waals surface area (Å²) >= 11 is 0. The van der Waals surface area contributed by atoms with Crippen LogP contribution in [0.5, 0.6) is 0 Å². The van der Waals surface area contributed by atoms with E-state index in [1.165, 1.54) is 6.20 Å².